The first-order valence-electron chi connectivity index (χ1n) is 12.1. The molecule has 200 valence electrons. The quantitative estimate of drug-likeness (QED) is 0.446. The van der Waals surface area contributed by atoms with Gasteiger partial charge in [-0.1, -0.05) is 35.4 Å². The van der Waals surface area contributed by atoms with Crippen LogP contribution < -0.4 is 15.4 Å². The van der Waals surface area contributed by atoms with Crippen molar-refractivity contribution in [2.45, 2.75) is 33.0 Å². The number of carbonyl (C=O) groups is 3. The summed E-state index contributed by atoms with van der Waals surface area (Å²) in [5.74, 6) is 0.431. The highest BCUT2D eigenvalue weighted by Crippen LogP contribution is 2.28. The monoisotopic (exact) mass is 540 g/mol. The zero-order chi connectivity index (χ0) is 27.2. The van der Waals surface area contributed by atoms with Gasteiger partial charge in [0.15, 0.2) is 11.4 Å². The van der Waals surface area contributed by atoms with Crippen molar-refractivity contribution < 1.29 is 23.9 Å². The Kier molecular flexibility index (Phi) is 8.47. The number of imide groups is 1. The Hall–Kier alpha value is -4.12. The Morgan fingerprint density at radius 2 is 2.03 bits per heavy atom. The number of carbonyl (C=O) groups excluding carboxylic acids is 3. The number of aromatic nitrogens is 2. The predicted octanol–water partition coefficient (Wildman–Crippen LogP) is 4.46. The van der Waals surface area contributed by atoms with Gasteiger partial charge in [0.25, 0.3) is 0 Å². The maximum absolute atomic E-state index is 13.4. The summed E-state index contributed by atoms with van der Waals surface area (Å²) in [5.41, 5.74) is 2.62. The van der Waals surface area contributed by atoms with Gasteiger partial charge in [-0.15, -0.1) is 10.2 Å². The van der Waals surface area contributed by atoms with Gasteiger partial charge in [0, 0.05) is 24.8 Å². The highest BCUT2D eigenvalue weighted by molar-refractivity contribution is 6.29. The highest BCUT2D eigenvalue weighted by Gasteiger charge is 2.39. The highest BCUT2D eigenvalue weighted by atomic mass is 35.5. The molecule has 2 heterocycles. The number of anilines is 1. The normalized spacial score (nSPS) is 19.1. The molecule has 2 aromatic rings. The molecule has 0 radical (unpaired) electrons. The Labute approximate surface area is 225 Å². The number of urea groups is 2. The van der Waals surface area contributed by atoms with E-state index in [1.54, 1.807) is 29.2 Å². The van der Waals surface area contributed by atoms with Gasteiger partial charge in [0.2, 0.25) is 5.88 Å². The van der Waals surface area contributed by atoms with Crippen molar-refractivity contribution >= 4 is 35.3 Å². The zero-order valence-electron chi connectivity index (χ0n) is 21.3. The van der Waals surface area contributed by atoms with Crippen LogP contribution in [0.5, 0.6) is 11.6 Å². The molecule has 1 aromatic heterocycles. The summed E-state index contributed by atoms with van der Waals surface area (Å²) in [6.07, 6.45) is 6.07. The molecule has 2 N–H and O–H groups in total. The average molecular weight is 541 g/mol. The first kappa shape index (κ1) is 26.9. The molecule has 2 atom stereocenters. The molecule has 2 aliphatic rings. The van der Waals surface area contributed by atoms with Crippen LogP contribution in [-0.2, 0) is 9.53 Å². The predicted molar refractivity (Wildman–Crippen MR) is 141 cm³/mol. The lowest BCUT2D eigenvalue weighted by Crippen LogP contribution is -2.68. The van der Waals surface area contributed by atoms with Crippen molar-refractivity contribution in [3.05, 3.63) is 64.8 Å². The summed E-state index contributed by atoms with van der Waals surface area (Å²) in [5, 5.41) is 14.0. The molecule has 0 bridgehead atoms. The number of amides is 4. The first-order valence-corrected chi connectivity index (χ1v) is 12.5. The largest absolute Gasteiger partial charge is 0.469 e. The van der Waals surface area contributed by atoms with Crippen LogP contribution in [-0.4, -0.2) is 64.5 Å². The molecular formula is C26H29ClN6O5. The summed E-state index contributed by atoms with van der Waals surface area (Å²) in [6.45, 7) is 4.16. The van der Waals surface area contributed by atoms with Gasteiger partial charge < -0.3 is 14.8 Å². The summed E-state index contributed by atoms with van der Waals surface area (Å²) in [6, 6.07) is 7.48. The fraction of sp³-hybridized carbons (Fsp3) is 0.346. The van der Waals surface area contributed by atoms with Crippen molar-refractivity contribution in [3.63, 3.8) is 0 Å². The Morgan fingerprint density at radius 1 is 1.21 bits per heavy atom. The van der Waals surface area contributed by atoms with Crippen LogP contribution in [0.4, 0.5) is 15.3 Å². The van der Waals surface area contributed by atoms with E-state index in [0.717, 1.165) is 22.5 Å². The number of allylic oxidation sites excluding steroid dienone is 3. The summed E-state index contributed by atoms with van der Waals surface area (Å²) in [7, 11) is 1.26. The van der Waals surface area contributed by atoms with Gasteiger partial charge in [0.1, 0.15) is 5.75 Å². The smallest absolute Gasteiger partial charge is 0.331 e. The topological polar surface area (TPSA) is 126 Å². The molecule has 0 saturated carbocycles. The zero-order valence-corrected chi connectivity index (χ0v) is 22.1. The molecule has 1 fully saturated rings. The molecule has 4 amide bonds. The van der Waals surface area contributed by atoms with E-state index in [-0.39, 0.29) is 24.0 Å². The third-order valence-electron chi connectivity index (χ3n) is 6.17. The molecule has 1 aromatic carbocycles. The molecule has 11 nitrogen and oxygen atoms in total. The Morgan fingerprint density at radius 3 is 2.68 bits per heavy atom. The van der Waals surface area contributed by atoms with Gasteiger partial charge in [-0.25, -0.2) is 14.5 Å². The summed E-state index contributed by atoms with van der Waals surface area (Å²) in [4.78, 5) is 40.5. The number of aryl methyl sites for hydroxylation is 1. The number of rotatable bonds is 9. The molecule has 1 aliphatic carbocycles. The first-order chi connectivity index (χ1) is 18.2. The van der Waals surface area contributed by atoms with Crippen LogP contribution in [0.2, 0.25) is 5.15 Å². The van der Waals surface area contributed by atoms with Crippen molar-refractivity contribution in [1.82, 2.24) is 25.3 Å². The molecule has 2 unspecified atom stereocenters. The maximum Gasteiger partial charge on any atom is 0.331 e. The number of nitrogens with one attached hydrogen (secondary N) is 2. The molecule has 1 saturated heterocycles. The number of methoxy groups -OCH3 is 1. The van der Waals surface area contributed by atoms with E-state index in [1.165, 1.54) is 7.11 Å². The lowest BCUT2D eigenvalue weighted by Gasteiger charge is -2.42. The van der Waals surface area contributed by atoms with Crippen LogP contribution >= 0.6 is 11.6 Å². The third kappa shape index (κ3) is 6.60. The van der Waals surface area contributed by atoms with Crippen molar-refractivity contribution in [1.29, 1.82) is 0 Å². The SMILES string of the molecule is COC(=O)CCN1C(=O)NC(Nc2ccc(Oc3ccc(Cl)nn3)c(C)c2)N(CC2C=CC(C)=CC2)C1=O. The maximum atomic E-state index is 13.4. The van der Waals surface area contributed by atoms with Gasteiger partial charge in [-0.2, -0.15) is 0 Å². The Balaban J connectivity index is 1.51. The van der Waals surface area contributed by atoms with Crippen LogP contribution in [0.3, 0.4) is 0 Å². The molecule has 12 heteroatoms. The lowest BCUT2D eigenvalue weighted by atomic mass is 9.97. The van der Waals surface area contributed by atoms with Crippen LogP contribution in [0.1, 0.15) is 25.3 Å². The molecule has 0 spiro atoms. The van der Waals surface area contributed by atoms with Crippen LogP contribution in [0.25, 0.3) is 0 Å². The van der Waals surface area contributed by atoms with E-state index in [1.807, 2.05) is 26.0 Å². The number of esters is 1. The van der Waals surface area contributed by atoms with Crippen molar-refractivity contribution in [2.75, 3.05) is 25.5 Å². The number of nitrogens with zero attached hydrogens (tertiary/aromatic N) is 4. The van der Waals surface area contributed by atoms with E-state index < -0.39 is 24.3 Å². The Bertz CT molecular complexity index is 1270. The summed E-state index contributed by atoms with van der Waals surface area (Å²) < 4.78 is 10.5. The van der Waals surface area contributed by atoms with E-state index in [0.29, 0.717) is 23.9 Å². The third-order valence-corrected chi connectivity index (χ3v) is 6.37. The van der Waals surface area contributed by atoms with E-state index in [2.05, 4.69) is 37.7 Å². The second kappa shape index (κ2) is 12.0. The fourth-order valence-electron chi connectivity index (χ4n) is 4.07. The van der Waals surface area contributed by atoms with Crippen LogP contribution in [0.15, 0.2) is 54.1 Å². The number of hydrogen-bond donors (Lipinski definition) is 2. The molecule has 1 aliphatic heterocycles. The van der Waals surface area contributed by atoms with Gasteiger partial charge in [0.05, 0.1) is 13.5 Å². The number of halogens is 1. The minimum Gasteiger partial charge on any atom is -0.469 e. The van der Waals surface area contributed by atoms with E-state index in [4.69, 9.17) is 16.3 Å². The summed E-state index contributed by atoms with van der Waals surface area (Å²) >= 11 is 5.78. The van der Waals surface area contributed by atoms with Crippen molar-refractivity contribution in [3.8, 4) is 11.6 Å². The van der Waals surface area contributed by atoms with Gasteiger partial charge >= 0.3 is 18.0 Å². The molecule has 4 rings (SSSR count). The minimum atomic E-state index is -0.807. The molecule has 38 heavy (non-hydrogen) atoms. The van der Waals surface area contributed by atoms with Crippen molar-refractivity contribution in [2.24, 2.45) is 5.92 Å². The molecular weight excluding hydrogens is 512 g/mol. The second-order valence-electron chi connectivity index (χ2n) is 8.99. The standard InChI is InChI=1S/C26H29ClN6O5/c1-16-4-6-18(7-5-16)15-33-24(29-25(35)32(26(33)36)13-12-23(34)37-3)28-19-8-9-20(17(2)14-19)38-22-11-10-21(27)30-31-22/h4-6,8-11,14,18,24,28H,7,12-13,15H2,1-3H3,(H,29,35). The van der Waals surface area contributed by atoms with E-state index in [9.17, 15) is 14.4 Å². The van der Waals surface area contributed by atoms with Crippen LogP contribution in [0, 0.1) is 12.8 Å². The average Bonchev–Trinajstić information content (AvgIpc) is 2.90. The number of ether oxygens (including phenoxy) is 2. The van der Waals surface area contributed by atoms with Gasteiger partial charge in [-0.05, 0) is 56.0 Å². The lowest BCUT2D eigenvalue weighted by molar-refractivity contribution is -0.140. The second-order valence-corrected chi connectivity index (χ2v) is 9.38. The number of benzene rings is 1. The van der Waals surface area contributed by atoms with E-state index >= 15 is 0 Å². The number of hydrogen-bond acceptors (Lipinski definition) is 8. The minimum absolute atomic E-state index is 0.0717. The van der Waals surface area contributed by atoms with Gasteiger partial charge in [-0.3, -0.25) is 15.0 Å². The fourth-order valence-corrected chi connectivity index (χ4v) is 4.17.